The lowest BCUT2D eigenvalue weighted by molar-refractivity contribution is -0.137. The minimum absolute atomic E-state index is 0.121. The molecule has 108 valence electrons. The maximum Gasteiger partial charge on any atom is 0.323 e. The smallest absolute Gasteiger partial charge is 0.323 e. The van der Waals surface area contributed by atoms with Gasteiger partial charge in [0.15, 0.2) is 5.82 Å². The number of thiophene rings is 1. The highest BCUT2D eigenvalue weighted by atomic mass is 35.5. The second-order valence-corrected chi connectivity index (χ2v) is 6.66. The first-order valence-corrected chi connectivity index (χ1v) is 7.60. The molecule has 0 atom stereocenters. The van der Waals surface area contributed by atoms with Crippen LogP contribution in [0.2, 0.25) is 4.34 Å². The van der Waals surface area contributed by atoms with Crippen LogP contribution in [0.5, 0.6) is 0 Å². The van der Waals surface area contributed by atoms with Crippen molar-refractivity contribution in [3.8, 4) is 10.7 Å². The molecule has 0 aliphatic heterocycles. The average molecular weight is 321 g/mol. The number of hydrogen-bond donors (Lipinski definition) is 1. The van der Waals surface area contributed by atoms with Gasteiger partial charge in [0.25, 0.3) is 0 Å². The van der Waals surface area contributed by atoms with E-state index < -0.39 is 5.97 Å². The number of fused-ring (bicyclic) bond motifs is 1. The lowest BCUT2D eigenvalue weighted by Gasteiger charge is -2.06. The second-order valence-electron chi connectivity index (χ2n) is 4.94. The normalized spacial score (nSPS) is 11.2. The van der Waals surface area contributed by atoms with E-state index in [1.54, 1.807) is 10.6 Å². The standard InChI is InChI=1S/C15H13ClN2O2S/c1-8-5-10-11(6-9(8)2)18(7-14(19)20)15(17-10)12-3-4-13(16)21-12/h3-6H,7H2,1-2H3,(H,19,20). The summed E-state index contributed by atoms with van der Waals surface area (Å²) in [5, 5.41) is 9.17. The van der Waals surface area contributed by atoms with Gasteiger partial charge in [0.2, 0.25) is 0 Å². The number of benzene rings is 1. The highest BCUT2D eigenvalue weighted by Crippen LogP contribution is 2.33. The molecule has 1 N–H and O–H groups in total. The molecule has 0 aliphatic carbocycles. The van der Waals surface area contributed by atoms with Crippen LogP contribution < -0.4 is 0 Å². The van der Waals surface area contributed by atoms with Crippen molar-refractivity contribution in [2.45, 2.75) is 20.4 Å². The molecule has 0 radical (unpaired) electrons. The first-order valence-electron chi connectivity index (χ1n) is 6.40. The summed E-state index contributed by atoms with van der Waals surface area (Å²) in [6.07, 6.45) is 0. The van der Waals surface area contributed by atoms with Crippen molar-refractivity contribution in [2.75, 3.05) is 0 Å². The molecule has 2 heterocycles. The van der Waals surface area contributed by atoms with Crippen LogP contribution in [0.3, 0.4) is 0 Å². The van der Waals surface area contributed by atoms with Crippen LogP contribution in [0.1, 0.15) is 11.1 Å². The number of aromatic nitrogens is 2. The van der Waals surface area contributed by atoms with Crippen LogP contribution in [0.15, 0.2) is 24.3 Å². The molecule has 4 nitrogen and oxygen atoms in total. The van der Waals surface area contributed by atoms with E-state index in [1.807, 2.05) is 32.0 Å². The minimum Gasteiger partial charge on any atom is -0.480 e. The van der Waals surface area contributed by atoms with Crippen molar-refractivity contribution in [3.05, 3.63) is 39.7 Å². The Bertz CT molecular complexity index is 851. The van der Waals surface area contributed by atoms with Crippen LogP contribution >= 0.6 is 22.9 Å². The molecule has 0 bridgehead atoms. The van der Waals surface area contributed by atoms with Gasteiger partial charge in [-0.2, -0.15) is 0 Å². The Hall–Kier alpha value is -1.85. The molecule has 6 heteroatoms. The molecule has 0 amide bonds. The maximum atomic E-state index is 11.2. The molecule has 0 saturated carbocycles. The number of carboxylic acids is 1. The molecule has 21 heavy (non-hydrogen) atoms. The molecule has 0 spiro atoms. The van der Waals surface area contributed by atoms with Crippen molar-refractivity contribution in [1.29, 1.82) is 0 Å². The summed E-state index contributed by atoms with van der Waals surface area (Å²) in [6, 6.07) is 7.63. The first kappa shape index (κ1) is 14.1. The first-order chi connectivity index (χ1) is 9.95. The van der Waals surface area contributed by atoms with Crippen LogP contribution in [0.25, 0.3) is 21.7 Å². The van der Waals surface area contributed by atoms with Crippen molar-refractivity contribution in [1.82, 2.24) is 9.55 Å². The Labute approximate surface area is 130 Å². The summed E-state index contributed by atoms with van der Waals surface area (Å²) in [6.45, 7) is 3.91. The predicted molar refractivity (Wildman–Crippen MR) is 85.2 cm³/mol. The molecule has 0 fully saturated rings. The molecular weight excluding hydrogens is 308 g/mol. The van der Waals surface area contributed by atoms with E-state index in [-0.39, 0.29) is 6.54 Å². The van der Waals surface area contributed by atoms with Crippen LogP contribution in [-0.4, -0.2) is 20.6 Å². The Morgan fingerprint density at radius 1 is 1.33 bits per heavy atom. The summed E-state index contributed by atoms with van der Waals surface area (Å²) < 4.78 is 2.39. The number of hydrogen-bond acceptors (Lipinski definition) is 3. The van der Waals surface area contributed by atoms with Gasteiger partial charge in [0, 0.05) is 0 Å². The summed E-state index contributed by atoms with van der Waals surface area (Å²) in [5.41, 5.74) is 3.89. The Balaban J connectivity index is 2.29. The molecule has 1 aromatic carbocycles. The van der Waals surface area contributed by atoms with Gasteiger partial charge in [-0.25, -0.2) is 4.98 Å². The third-order valence-electron chi connectivity index (χ3n) is 3.45. The zero-order chi connectivity index (χ0) is 15.1. The average Bonchev–Trinajstić information content (AvgIpc) is 2.95. The van der Waals surface area contributed by atoms with Gasteiger partial charge >= 0.3 is 5.97 Å². The molecule has 3 aromatic rings. The topological polar surface area (TPSA) is 55.1 Å². The fourth-order valence-electron chi connectivity index (χ4n) is 2.30. The van der Waals surface area contributed by atoms with Crippen LogP contribution in [0.4, 0.5) is 0 Å². The van der Waals surface area contributed by atoms with Gasteiger partial charge in [-0.05, 0) is 49.2 Å². The van der Waals surface area contributed by atoms with E-state index in [0.29, 0.717) is 10.2 Å². The molecular formula is C15H13ClN2O2S. The number of imidazole rings is 1. The van der Waals surface area contributed by atoms with Gasteiger partial charge in [0.05, 0.1) is 20.2 Å². The van der Waals surface area contributed by atoms with Crippen LogP contribution in [0, 0.1) is 13.8 Å². The Morgan fingerprint density at radius 3 is 2.67 bits per heavy atom. The summed E-state index contributed by atoms with van der Waals surface area (Å²) in [4.78, 5) is 16.7. The van der Waals surface area contributed by atoms with Crippen molar-refractivity contribution < 1.29 is 9.90 Å². The third-order valence-corrected chi connectivity index (χ3v) is 4.68. The SMILES string of the molecule is Cc1cc2nc(-c3ccc(Cl)s3)n(CC(=O)O)c2cc1C. The Kier molecular flexibility index (Phi) is 3.47. The molecule has 3 rings (SSSR count). The van der Waals surface area contributed by atoms with E-state index in [4.69, 9.17) is 11.6 Å². The lowest BCUT2D eigenvalue weighted by Crippen LogP contribution is -2.09. The molecule has 0 unspecified atom stereocenters. The Morgan fingerprint density at radius 2 is 2.05 bits per heavy atom. The summed E-state index contributed by atoms with van der Waals surface area (Å²) >= 11 is 7.38. The maximum absolute atomic E-state index is 11.2. The largest absolute Gasteiger partial charge is 0.480 e. The fraction of sp³-hybridized carbons (Fsp3) is 0.200. The monoisotopic (exact) mass is 320 g/mol. The lowest BCUT2D eigenvalue weighted by atomic mass is 10.1. The summed E-state index contributed by atoms with van der Waals surface area (Å²) in [7, 11) is 0. The number of halogens is 1. The van der Waals surface area contributed by atoms with E-state index in [9.17, 15) is 9.90 Å². The quantitative estimate of drug-likeness (QED) is 0.789. The van der Waals surface area contributed by atoms with Crippen molar-refractivity contribution in [2.24, 2.45) is 0 Å². The van der Waals surface area contributed by atoms with E-state index in [0.717, 1.165) is 27.0 Å². The van der Waals surface area contributed by atoms with Crippen LogP contribution in [-0.2, 0) is 11.3 Å². The molecule has 0 saturated heterocycles. The predicted octanol–water partition coefficient (Wildman–Crippen LogP) is 4.12. The van der Waals surface area contributed by atoms with Crippen molar-refractivity contribution >= 4 is 39.9 Å². The van der Waals surface area contributed by atoms with Gasteiger partial charge in [-0.1, -0.05) is 11.6 Å². The van der Waals surface area contributed by atoms with Gasteiger partial charge in [-0.15, -0.1) is 11.3 Å². The highest BCUT2D eigenvalue weighted by molar-refractivity contribution is 7.19. The van der Waals surface area contributed by atoms with E-state index in [2.05, 4.69) is 4.98 Å². The number of nitrogens with zero attached hydrogens (tertiary/aromatic N) is 2. The molecule has 2 aromatic heterocycles. The number of rotatable bonds is 3. The molecule has 0 aliphatic rings. The number of carbonyl (C=O) groups is 1. The highest BCUT2D eigenvalue weighted by Gasteiger charge is 2.17. The van der Waals surface area contributed by atoms with Gasteiger partial charge < -0.3 is 9.67 Å². The number of aliphatic carboxylic acids is 1. The summed E-state index contributed by atoms with van der Waals surface area (Å²) in [5.74, 6) is -0.245. The second kappa shape index (κ2) is 5.16. The third kappa shape index (κ3) is 2.54. The zero-order valence-electron chi connectivity index (χ0n) is 11.6. The van der Waals surface area contributed by atoms with Crippen molar-refractivity contribution in [3.63, 3.8) is 0 Å². The fourth-order valence-corrected chi connectivity index (χ4v) is 3.34. The number of aryl methyl sites for hydroxylation is 2. The van der Waals surface area contributed by atoms with E-state index in [1.165, 1.54) is 11.3 Å². The number of carboxylic acid groups (broad SMARTS) is 1. The van der Waals surface area contributed by atoms with Gasteiger partial charge in [0.1, 0.15) is 6.54 Å². The zero-order valence-corrected chi connectivity index (χ0v) is 13.1. The van der Waals surface area contributed by atoms with Gasteiger partial charge in [-0.3, -0.25) is 4.79 Å². The minimum atomic E-state index is -0.892. The van der Waals surface area contributed by atoms with E-state index >= 15 is 0 Å².